The fourth-order valence-electron chi connectivity index (χ4n) is 9.11. The second-order valence-corrected chi connectivity index (χ2v) is 18.1. The van der Waals surface area contributed by atoms with Crippen LogP contribution in [0.5, 0.6) is 0 Å². The molecule has 1 saturated carbocycles. The van der Waals surface area contributed by atoms with Gasteiger partial charge in [0.1, 0.15) is 0 Å². The van der Waals surface area contributed by atoms with E-state index in [1.165, 1.54) is 135 Å². The fourth-order valence-corrected chi connectivity index (χ4v) is 9.11. The van der Waals surface area contributed by atoms with E-state index in [0.29, 0.717) is 17.3 Å². The molecule has 3 atom stereocenters. The minimum Gasteiger partial charge on any atom is -0.0952 e. The van der Waals surface area contributed by atoms with Crippen LogP contribution in [0.15, 0.2) is 83.0 Å². The summed E-state index contributed by atoms with van der Waals surface area (Å²) in [6, 6.07) is 9.37. The molecule has 0 aromatic heterocycles. The summed E-state index contributed by atoms with van der Waals surface area (Å²) >= 11 is 0. The lowest BCUT2D eigenvalue weighted by molar-refractivity contribution is 0.217. The van der Waals surface area contributed by atoms with E-state index < -0.39 is 0 Å². The highest BCUT2D eigenvalue weighted by Crippen LogP contribution is 2.43. The number of benzene rings is 1. The van der Waals surface area contributed by atoms with Gasteiger partial charge in [-0.1, -0.05) is 180 Å². The Hall–Kier alpha value is -2.08. The molecule has 0 amide bonds. The first kappa shape index (κ1) is 45.1. The van der Waals surface area contributed by atoms with Crippen molar-refractivity contribution in [3.63, 3.8) is 0 Å². The monoisotopic (exact) mass is 697 g/mol. The van der Waals surface area contributed by atoms with Crippen molar-refractivity contribution in [3.8, 4) is 0 Å². The lowest BCUT2D eigenvalue weighted by Gasteiger charge is -2.35. The van der Waals surface area contributed by atoms with Gasteiger partial charge in [0.2, 0.25) is 0 Å². The van der Waals surface area contributed by atoms with Gasteiger partial charge in [0.25, 0.3) is 0 Å². The Morgan fingerprint density at radius 3 is 1.94 bits per heavy atom. The Balaban J connectivity index is 0.000000880. The van der Waals surface area contributed by atoms with Crippen LogP contribution in [-0.4, -0.2) is 0 Å². The van der Waals surface area contributed by atoms with Crippen molar-refractivity contribution >= 4 is 0 Å². The van der Waals surface area contributed by atoms with Gasteiger partial charge in [0, 0.05) is 0 Å². The number of hydrogen-bond acceptors (Lipinski definition) is 0. The molecule has 0 bridgehead atoms. The van der Waals surface area contributed by atoms with Gasteiger partial charge in [0.15, 0.2) is 0 Å². The maximum absolute atomic E-state index is 4.66. The highest BCUT2D eigenvalue weighted by molar-refractivity contribution is 5.43. The van der Waals surface area contributed by atoms with Gasteiger partial charge in [-0.05, 0) is 141 Å². The molecular formula is C51H84. The van der Waals surface area contributed by atoms with Crippen molar-refractivity contribution in [2.45, 2.75) is 192 Å². The summed E-state index contributed by atoms with van der Waals surface area (Å²) in [5.41, 5.74) is 11.5. The first-order valence-corrected chi connectivity index (χ1v) is 21.6. The zero-order valence-electron chi connectivity index (χ0n) is 36.2. The van der Waals surface area contributed by atoms with Crippen LogP contribution in [0.25, 0.3) is 0 Å². The normalized spacial score (nSPS) is 21.6. The molecule has 0 radical (unpaired) electrons. The average molecular weight is 697 g/mol. The third-order valence-electron chi connectivity index (χ3n) is 13.2. The minimum atomic E-state index is 0.360. The largest absolute Gasteiger partial charge is 0.0952 e. The smallest absolute Gasteiger partial charge is 0.00322 e. The van der Waals surface area contributed by atoms with Crippen molar-refractivity contribution in [2.75, 3.05) is 0 Å². The second-order valence-electron chi connectivity index (χ2n) is 18.1. The maximum Gasteiger partial charge on any atom is -0.00322 e. The summed E-state index contributed by atoms with van der Waals surface area (Å²) in [6.45, 7) is 37.1. The number of hydrogen-bond donors (Lipinski definition) is 0. The van der Waals surface area contributed by atoms with Crippen LogP contribution in [0.4, 0.5) is 0 Å². The Morgan fingerprint density at radius 2 is 1.43 bits per heavy atom. The molecule has 1 fully saturated rings. The molecule has 0 spiro atoms. The Bertz CT molecular complexity index is 1260. The van der Waals surface area contributed by atoms with E-state index in [2.05, 4.69) is 133 Å². The van der Waals surface area contributed by atoms with Crippen LogP contribution >= 0.6 is 0 Å². The summed E-state index contributed by atoms with van der Waals surface area (Å²) < 4.78 is 0. The zero-order chi connectivity index (χ0) is 38.1. The Morgan fingerprint density at radius 1 is 0.843 bits per heavy atom. The summed E-state index contributed by atoms with van der Waals surface area (Å²) in [5.74, 6) is 4.58. The van der Waals surface area contributed by atoms with E-state index in [0.717, 1.165) is 30.1 Å². The standard InChI is InChI=1S/C42H64.C9H20/c1-12-35-17-19-36(20-18-35)21-25-41(37-22-14-29(3)15-23-37)34(8)40(13-2)33(7)26-31(5)32(6)27-38-28-39(42(9,10)11)24-16-30(38)4;1-4-7-9(6-3)8-5-2/h13-15,22-23,27,34-36,39,41H,5,7,12,16-21,24-26,28H2,1-4,6,8-11H3;9H,4-8H2,1-3H3/b32-27-,40-13-;/t34?,35?,36?,39-,41-;/m0./s1. The average Bonchev–Trinajstić information content (AvgIpc) is 3.10. The molecule has 2 aliphatic rings. The molecular weight excluding hydrogens is 613 g/mol. The van der Waals surface area contributed by atoms with Crippen LogP contribution in [-0.2, 0) is 0 Å². The zero-order valence-corrected chi connectivity index (χ0v) is 36.2. The van der Waals surface area contributed by atoms with Crippen molar-refractivity contribution in [3.05, 3.63) is 94.1 Å². The van der Waals surface area contributed by atoms with Crippen molar-refractivity contribution in [1.29, 1.82) is 0 Å². The van der Waals surface area contributed by atoms with Gasteiger partial charge in [0.05, 0.1) is 0 Å². The first-order chi connectivity index (χ1) is 24.2. The number of aryl methyl sites for hydroxylation is 1. The number of rotatable bonds is 17. The topological polar surface area (TPSA) is 0 Å². The van der Waals surface area contributed by atoms with Crippen LogP contribution in [0.3, 0.4) is 0 Å². The van der Waals surface area contributed by atoms with E-state index in [9.17, 15) is 0 Å². The van der Waals surface area contributed by atoms with Gasteiger partial charge >= 0.3 is 0 Å². The highest BCUT2D eigenvalue weighted by Gasteiger charge is 2.29. The predicted molar refractivity (Wildman–Crippen MR) is 232 cm³/mol. The third-order valence-corrected chi connectivity index (χ3v) is 13.2. The minimum absolute atomic E-state index is 0.360. The van der Waals surface area contributed by atoms with Gasteiger partial charge in [-0.25, -0.2) is 0 Å². The molecule has 1 aromatic carbocycles. The van der Waals surface area contributed by atoms with Gasteiger partial charge < -0.3 is 0 Å². The van der Waals surface area contributed by atoms with Crippen LogP contribution < -0.4 is 0 Å². The lowest BCUT2D eigenvalue weighted by Crippen LogP contribution is -2.23. The summed E-state index contributed by atoms with van der Waals surface area (Å²) in [6.07, 6.45) is 26.0. The predicted octanol–water partition coefficient (Wildman–Crippen LogP) is 16.9. The third kappa shape index (κ3) is 15.1. The number of allylic oxidation sites excluding steroid dienone is 8. The van der Waals surface area contributed by atoms with E-state index in [-0.39, 0.29) is 0 Å². The summed E-state index contributed by atoms with van der Waals surface area (Å²) in [5, 5.41) is 0. The molecule has 0 nitrogen and oxygen atoms in total. The van der Waals surface area contributed by atoms with Crippen LogP contribution in [0.2, 0.25) is 0 Å². The quantitative estimate of drug-likeness (QED) is 0.142. The van der Waals surface area contributed by atoms with E-state index in [4.69, 9.17) is 0 Å². The van der Waals surface area contributed by atoms with Crippen molar-refractivity contribution < 1.29 is 0 Å². The summed E-state index contributed by atoms with van der Waals surface area (Å²) in [4.78, 5) is 0. The van der Waals surface area contributed by atoms with Crippen molar-refractivity contribution in [1.82, 2.24) is 0 Å². The maximum atomic E-state index is 4.66. The second kappa shape index (κ2) is 22.9. The van der Waals surface area contributed by atoms with Crippen molar-refractivity contribution in [2.24, 2.45) is 35.0 Å². The first-order valence-electron chi connectivity index (χ1n) is 21.6. The van der Waals surface area contributed by atoms with E-state index in [1.807, 2.05) is 0 Å². The molecule has 0 N–H and O–H groups in total. The van der Waals surface area contributed by atoms with Gasteiger partial charge in [-0.2, -0.15) is 0 Å². The molecule has 0 saturated heterocycles. The molecule has 2 aliphatic carbocycles. The molecule has 51 heavy (non-hydrogen) atoms. The van der Waals surface area contributed by atoms with E-state index in [1.54, 1.807) is 5.57 Å². The molecule has 0 heteroatoms. The highest BCUT2D eigenvalue weighted by atomic mass is 14.3. The van der Waals surface area contributed by atoms with Gasteiger partial charge in [-0.3, -0.25) is 0 Å². The lowest BCUT2D eigenvalue weighted by atomic mass is 9.70. The van der Waals surface area contributed by atoms with Crippen LogP contribution in [0, 0.1) is 41.9 Å². The molecule has 3 rings (SSSR count). The summed E-state index contributed by atoms with van der Waals surface area (Å²) in [7, 11) is 0. The Labute approximate surface area is 319 Å². The molecule has 0 aliphatic heterocycles. The van der Waals surface area contributed by atoms with E-state index >= 15 is 0 Å². The Kier molecular flexibility index (Phi) is 20.2. The fraction of sp³-hybridized carbons (Fsp3) is 0.686. The molecule has 0 heterocycles. The molecule has 1 unspecified atom stereocenters. The SMILES string of the molecule is C=C(CC(=C)/C(=C/C)C(C)[C@H](CCC1CCC(CC)CC1)c1ccc(C)cc1)/C(C)=C\C1=C(C)CC[C@H](C(C)(C)C)C1.CCCC(CC)CCC. The molecule has 1 aromatic rings. The van der Waals surface area contributed by atoms with Gasteiger partial charge in [-0.15, -0.1) is 0 Å². The van der Waals surface area contributed by atoms with Crippen LogP contribution in [0.1, 0.15) is 196 Å². The molecule has 288 valence electrons.